The van der Waals surface area contributed by atoms with Crippen LogP contribution >= 0.6 is 23.1 Å². The predicted octanol–water partition coefficient (Wildman–Crippen LogP) is 3.75. The lowest BCUT2D eigenvalue weighted by molar-refractivity contribution is 0.102. The second-order valence-electron chi connectivity index (χ2n) is 4.35. The van der Waals surface area contributed by atoms with E-state index in [9.17, 15) is 4.79 Å². The van der Waals surface area contributed by atoms with Crippen LogP contribution in [0.1, 0.15) is 16.6 Å². The number of nitrogen functional groups attached to an aromatic ring is 1. The molecule has 0 atom stereocenters. The van der Waals surface area contributed by atoms with Crippen LogP contribution < -0.4 is 15.8 Å². The molecule has 0 bridgehead atoms. The molecule has 4 nitrogen and oxygen atoms in total. The van der Waals surface area contributed by atoms with Gasteiger partial charge in [-0.3, -0.25) is 4.79 Å². The van der Waals surface area contributed by atoms with E-state index in [0.717, 1.165) is 15.6 Å². The third kappa shape index (κ3) is 3.92. The van der Waals surface area contributed by atoms with Crippen molar-refractivity contribution in [3.63, 3.8) is 0 Å². The zero-order valence-corrected chi connectivity index (χ0v) is 13.6. The van der Waals surface area contributed by atoms with Gasteiger partial charge >= 0.3 is 0 Å². The number of nitrogens with two attached hydrogens (primary N) is 1. The first-order valence-corrected chi connectivity index (χ1v) is 8.56. The fraction of sp³-hybridized carbons (Fsp3) is 0.267. The number of Topliss-reactive ketones (excluding diaryl/α,β-unsaturated/α-hetero) is 1. The Labute approximate surface area is 132 Å². The Morgan fingerprint density at radius 2 is 2.10 bits per heavy atom. The number of para-hydroxylation sites is 1. The summed E-state index contributed by atoms with van der Waals surface area (Å²) >= 11 is 2.95. The molecule has 0 aliphatic rings. The Morgan fingerprint density at radius 1 is 1.38 bits per heavy atom. The topological polar surface area (TPSA) is 64.3 Å². The number of carbonyl (C=O) groups is 1. The van der Waals surface area contributed by atoms with Crippen LogP contribution in [-0.2, 0) is 0 Å². The van der Waals surface area contributed by atoms with E-state index >= 15 is 0 Å². The van der Waals surface area contributed by atoms with Gasteiger partial charge in [-0.2, -0.15) is 0 Å². The van der Waals surface area contributed by atoms with Crippen molar-refractivity contribution in [1.29, 1.82) is 0 Å². The molecule has 1 aromatic carbocycles. The predicted molar refractivity (Wildman–Crippen MR) is 90.9 cm³/mol. The number of carbonyl (C=O) groups excluding carboxylic acids is 1. The highest BCUT2D eigenvalue weighted by Crippen LogP contribution is 2.41. The number of thiophene rings is 1. The van der Waals surface area contributed by atoms with Crippen LogP contribution in [0, 0.1) is 0 Å². The minimum atomic E-state index is 0.00128. The van der Waals surface area contributed by atoms with Gasteiger partial charge in [0.25, 0.3) is 0 Å². The second kappa shape index (κ2) is 7.38. The van der Waals surface area contributed by atoms with Crippen molar-refractivity contribution < 1.29 is 9.53 Å². The van der Waals surface area contributed by atoms with E-state index in [1.807, 2.05) is 36.6 Å². The quantitative estimate of drug-likeness (QED) is 0.462. The number of nitrogens with one attached hydrogen (secondary N) is 1. The molecule has 6 heteroatoms. The van der Waals surface area contributed by atoms with E-state index in [2.05, 4.69) is 5.32 Å². The van der Waals surface area contributed by atoms with Crippen molar-refractivity contribution in [3.05, 3.63) is 35.2 Å². The number of hydrogen-bond donors (Lipinski definition) is 2. The van der Waals surface area contributed by atoms with Crippen LogP contribution in [0.15, 0.2) is 35.2 Å². The zero-order valence-electron chi connectivity index (χ0n) is 12.0. The molecular formula is C15H18N2O2S2. The first-order chi connectivity index (χ1) is 10.1. The summed E-state index contributed by atoms with van der Waals surface area (Å²) in [4.78, 5) is 13.1. The van der Waals surface area contributed by atoms with Crippen LogP contribution in [-0.4, -0.2) is 25.2 Å². The van der Waals surface area contributed by atoms with Crippen LogP contribution in [0.4, 0.5) is 10.7 Å². The van der Waals surface area contributed by atoms with E-state index < -0.39 is 0 Å². The number of ketones is 1. The van der Waals surface area contributed by atoms with Gasteiger partial charge in [0.1, 0.15) is 17.4 Å². The average Bonchev–Trinajstić information content (AvgIpc) is 2.81. The minimum Gasteiger partial charge on any atom is -0.492 e. The maximum Gasteiger partial charge on any atom is 0.171 e. The summed E-state index contributed by atoms with van der Waals surface area (Å²) in [5.41, 5.74) is 6.58. The first kappa shape index (κ1) is 15.7. The maximum atomic E-state index is 11.5. The molecule has 0 radical (unpaired) electrons. The first-order valence-electron chi connectivity index (χ1n) is 6.52. The average molecular weight is 322 g/mol. The maximum absolute atomic E-state index is 11.5. The lowest BCUT2D eigenvalue weighted by Gasteiger charge is -2.08. The standard InChI is InChI=1S/C15H18N2O2S2/c1-10(18)13-12(16)14(20-2)15(21-13)17-8-9-19-11-6-4-3-5-7-11/h3-7,17H,8-9,16H2,1-2H3. The van der Waals surface area contributed by atoms with Crippen molar-refractivity contribution in [2.75, 3.05) is 30.5 Å². The zero-order chi connectivity index (χ0) is 15.2. The van der Waals surface area contributed by atoms with Gasteiger partial charge in [-0.15, -0.1) is 23.1 Å². The Morgan fingerprint density at radius 3 is 2.71 bits per heavy atom. The van der Waals surface area contributed by atoms with E-state index in [1.54, 1.807) is 11.8 Å². The summed E-state index contributed by atoms with van der Waals surface area (Å²) < 4.78 is 5.62. The number of thioether (sulfide) groups is 1. The summed E-state index contributed by atoms with van der Waals surface area (Å²) in [6.45, 7) is 2.74. The molecule has 0 amide bonds. The Hall–Kier alpha value is -1.66. The van der Waals surface area contributed by atoms with Crippen molar-refractivity contribution in [1.82, 2.24) is 0 Å². The molecule has 3 N–H and O–H groups in total. The van der Waals surface area contributed by atoms with Gasteiger partial charge < -0.3 is 15.8 Å². The third-order valence-corrected chi connectivity index (χ3v) is 5.05. The number of ether oxygens (including phenoxy) is 1. The van der Waals surface area contributed by atoms with Gasteiger partial charge in [-0.1, -0.05) is 18.2 Å². The van der Waals surface area contributed by atoms with Gasteiger partial charge in [0.05, 0.1) is 15.5 Å². The number of rotatable bonds is 7. The van der Waals surface area contributed by atoms with Crippen molar-refractivity contribution in [2.45, 2.75) is 11.8 Å². The summed E-state index contributed by atoms with van der Waals surface area (Å²) in [6.07, 6.45) is 1.95. The molecule has 0 unspecified atom stereocenters. The fourth-order valence-corrected chi connectivity index (χ4v) is 3.82. The van der Waals surface area contributed by atoms with Crippen molar-refractivity contribution >= 4 is 39.6 Å². The molecule has 0 aliphatic heterocycles. The molecule has 1 aromatic heterocycles. The van der Waals surface area contributed by atoms with E-state index in [-0.39, 0.29) is 5.78 Å². The van der Waals surface area contributed by atoms with Crippen LogP contribution in [0.5, 0.6) is 5.75 Å². The van der Waals surface area contributed by atoms with Crippen molar-refractivity contribution in [2.24, 2.45) is 0 Å². The molecule has 2 rings (SSSR count). The monoisotopic (exact) mass is 322 g/mol. The normalized spacial score (nSPS) is 10.4. The number of anilines is 2. The van der Waals surface area contributed by atoms with Crippen molar-refractivity contribution in [3.8, 4) is 5.75 Å². The highest BCUT2D eigenvalue weighted by atomic mass is 32.2. The fourth-order valence-electron chi connectivity index (χ4n) is 1.86. The van der Waals surface area contributed by atoms with Gasteiger partial charge in [0.2, 0.25) is 0 Å². The molecule has 0 fully saturated rings. The van der Waals surface area contributed by atoms with E-state index in [0.29, 0.717) is 23.7 Å². The van der Waals surface area contributed by atoms with Gasteiger partial charge in [-0.25, -0.2) is 0 Å². The Kier molecular flexibility index (Phi) is 5.52. The number of benzene rings is 1. The summed E-state index contributed by atoms with van der Waals surface area (Å²) in [7, 11) is 0. The highest BCUT2D eigenvalue weighted by molar-refractivity contribution is 7.99. The largest absolute Gasteiger partial charge is 0.492 e. The van der Waals surface area contributed by atoms with Gasteiger partial charge in [0.15, 0.2) is 5.78 Å². The SMILES string of the molecule is CSc1c(NCCOc2ccccc2)sc(C(C)=O)c1N. The second-order valence-corrected chi connectivity index (χ2v) is 6.19. The molecular weight excluding hydrogens is 304 g/mol. The molecule has 0 aliphatic carbocycles. The smallest absolute Gasteiger partial charge is 0.171 e. The van der Waals surface area contributed by atoms with Crippen LogP contribution in [0.3, 0.4) is 0 Å². The molecule has 112 valence electrons. The van der Waals surface area contributed by atoms with E-state index in [4.69, 9.17) is 10.5 Å². The molecule has 2 aromatic rings. The van der Waals surface area contributed by atoms with Crippen LogP contribution in [0.2, 0.25) is 0 Å². The summed E-state index contributed by atoms with van der Waals surface area (Å²) in [6, 6.07) is 9.67. The van der Waals surface area contributed by atoms with Gasteiger partial charge in [0, 0.05) is 13.5 Å². The third-order valence-electron chi connectivity index (χ3n) is 2.82. The molecule has 21 heavy (non-hydrogen) atoms. The molecule has 0 spiro atoms. The summed E-state index contributed by atoms with van der Waals surface area (Å²) in [5, 5.41) is 4.22. The lowest BCUT2D eigenvalue weighted by atomic mass is 10.3. The number of hydrogen-bond acceptors (Lipinski definition) is 6. The minimum absolute atomic E-state index is 0.00128. The molecule has 0 saturated heterocycles. The van der Waals surface area contributed by atoms with Gasteiger partial charge in [-0.05, 0) is 18.4 Å². The highest BCUT2D eigenvalue weighted by Gasteiger charge is 2.17. The summed E-state index contributed by atoms with van der Waals surface area (Å²) in [5.74, 6) is 0.848. The molecule has 0 saturated carbocycles. The lowest BCUT2D eigenvalue weighted by Crippen LogP contribution is -2.11. The Bertz CT molecular complexity index is 612. The Balaban J connectivity index is 1.94. The van der Waals surface area contributed by atoms with E-state index in [1.165, 1.54) is 18.3 Å². The molecule has 1 heterocycles. The van der Waals surface area contributed by atoms with Crippen LogP contribution in [0.25, 0.3) is 0 Å².